The summed E-state index contributed by atoms with van der Waals surface area (Å²) in [5.41, 5.74) is 8.02. The fourth-order valence-electron chi connectivity index (χ4n) is 12.8. The van der Waals surface area contributed by atoms with E-state index < -0.39 is 29.7 Å². The van der Waals surface area contributed by atoms with E-state index in [1.54, 1.807) is 33.3 Å². The van der Waals surface area contributed by atoms with Gasteiger partial charge in [0.2, 0.25) is 23.6 Å². The van der Waals surface area contributed by atoms with E-state index in [2.05, 4.69) is 25.9 Å². The fourth-order valence-corrected chi connectivity index (χ4v) is 12.8. The molecular formula is C86H144N6O19. The van der Waals surface area contributed by atoms with E-state index in [1.807, 2.05) is 67.6 Å². The van der Waals surface area contributed by atoms with Crippen molar-refractivity contribution in [3.63, 3.8) is 0 Å². The summed E-state index contributed by atoms with van der Waals surface area (Å²) in [5, 5.41) is 26.5. The SMILES string of the molecule is CCC(=O)[C@H](COCc1ccccc1)CC(=O)[C@H](CCCCNC(=O)COCCOCCNC(=O)COCCOCCCC(C)=O)CC(=O)CCc1cnc[nH]1.CCCC(CC(=O)C1CCC(CNC(=O)CCCCCCCCCCCCCCCCCCC(=O)O)CC1)C(=O)O.C[C@@H](COCc1ccccc1)C(N)=O.[HH].[HH].[HH]. The highest BCUT2D eigenvalue weighted by Gasteiger charge is 2.31. The molecule has 0 aliphatic heterocycles. The Morgan fingerprint density at radius 1 is 0.523 bits per heavy atom. The van der Waals surface area contributed by atoms with Gasteiger partial charge in [0.15, 0.2) is 0 Å². The minimum atomic E-state index is -0.856. The molecule has 3 aromatic rings. The predicted molar refractivity (Wildman–Crippen MR) is 433 cm³/mol. The largest absolute Gasteiger partial charge is 0.481 e. The van der Waals surface area contributed by atoms with Crippen LogP contribution < -0.4 is 21.7 Å². The van der Waals surface area contributed by atoms with Crippen molar-refractivity contribution in [3.8, 4) is 0 Å². The van der Waals surface area contributed by atoms with Crippen LogP contribution in [0.25, 0.3) is 0 Å². The number of amides is 4. The van der Waals surface area contributed by atoms with Crippen molar-refractivity contribution < 1.29 is 95.7 Å². The van der Waals surface area contributed by atoms with Crippen molar-refractivity contribution in [1.29, 1.82) is 0 Å². The van der Waals surface area contributed by atoms with E-state index in [9.17, 15) is 57.8 Å². The zero-order valence-electron chi connectivity index (χ0n) is 67.6. The van der Waals surface area contributed by atoms with Crippen LogP contribution in [-0.4, -0.2) is 170 Å². The Bertz CT molecular complexity index is 2990. The topological polar surface area (TPSA) is 374 Å². The number of unbranched alkanes of at least 4 members (excludes halogenated alkanes) is 16. The summed E-state index contributed by atoms with van der Waals surface area (Å²) in [4.78, 5) is 139. The van der Waals surface area contributed by atoms with E-state index in [0.717, 1.165) is 74.6 Å². The Hall–Kier alpha value is -7.42. The number of ether oxygens (including phenoxy) is 6. The van der Waals surface area contributed by atoms with Crippen LogP contribution in [0, 0.1) is 35.5 Å². The van der Waals surface area contributed by atoms with E-state index in [1.165, 1.54) is 77.0 Å². The summed E-state index contributed by atoms with van der Waals surface area (Å²) >= 11 is 0. The molecule has 0 saturated heterocycles. The van der Waals surface area contributed by atoms with Crippen LogP contribution in [0.2, 0.25) is 0 Å². The number of aromatic nitrogens is 2. The lowest BCUT2D eigenvalue weighted by molar-refractivity contribution is -0.144. The average Bonchev–Trinajstić information content (AvgIpc) is 1.08. The second-order valence-corrected chi connectivity index (χ2v) is 29.4. The van der Waals surface area contributed by atoms with Gasteiger partial charge in [-0.2, -0.15) is 0 Å². The minimum absolute atomic E-state index is 0. The highest BCUT2D eigenvalue weighted by atomic mass is 16.5. The van der Waals surface area contributed by atoms with Crippen LogP contribution in [-0.2, 0) is 101 Å². The van der Waals surface area contributed by atoms with Crippen molar-refractivity contribution in [1.82, 2.24) is 25.9 Å². The zero-order valence-corrected chi connectivity index (χ0v) is 67.6. The first-order valence-corrected chi connectivity index (χ1v) is 41.4. The number of aromatic amines is 1. The molecule has 25 nitrogen and oxygen atoms in total. The Balaban J connectivity index is 0. The van der Waals surface area contributed by atoms with E-state index in [0.29, 0.717) is 116 Å². The minimum Gasteiger partial charge on any atom is -0.481 e. The number of H-pyrrole nitrogens is 1. The first kappa shape index (κ1) is 99.7. The van der Waals surface area contributed by atoms with Crippen LogP contribution in [0.4, 0.5) is 0 Å². The van der Waals surface area contributed by atoms with Gasteiger partial charge in [-0.25, -0.2) is 4.98 Å². The lowest BCUT2D eigenvalue weighted by atomic mass is 9.78. The van der Waals surface area contributed by atoms with Gasteiger partial charge in [0.25, 0.3) is 0 Å². The molecule has 111 heavy (non-hydrogen) atoms. The van der Waals surface area contributed by atoms with Gasteiger partial charge in [-0.1, -0.05) is 184 Å². The van der Waals surface area contributed by atoms with Gasteiger partial charge in [-0.15, -0.1) is 0 Å². The Labute approximate surface area is 665 Å². The molecule has 1 aromatic heterocycles. The van der Waals surface area contributed by atoms with Crippen molar-refractivity contribution in [2.24, 2.45) is 41.2 Å². The maximum Gasteiger partial charge on any atom is 0.306 e. The quantitative estimate of drug-likeness (QED) is 0.0258. The smallest absolute Gasteiger partial charge is 0.306 e. The fraction of sp³-hybridized carbons (Fsp3) is 0.698. The summed E-state index contributed by atoms with van der Waals surface area (Å²) in [6, 6.07) is 19.4. The molecule has 25 heteroatoms. The number of benzene rings is 2. The van der Waals surface area contributed by atoms with Crippen LogP contribution in [0.1, 0.15) is 267 Å². The highest BCUT2D eigenvalue weighted by molar-refractivity contribution is 5.92. The van der Waals surface area contributed by atoms with Crippen LogP contribution in [0.15, 0.2) is 73.2 Å². The van der Waals surface area contributed by atoms with Gasteiger partial charge in [0.05, 0.1) is 77.6 Å². The number of imidazole rings is 1. The molecule has 632 valence electrons. The summed E-state index contributed by atoms with van der Waals surface area (Å²) in [7, 11) is 0. The van der Waals surface area contributed by atoms with Crippen molar-refractivity contribution in [2.45, 2.75) is 266 Å². The molecule has 0 bridgehead atoms. The molecule has 8 N–H and O–H groups in total. The number of nitrogens with zero attached hydrogens (tertiary/aromatic N) is 1. The summed E-state index contributed by atoms with van der Waals surface area (Å²) in [5.74, 6) is -3.69. The summed E-state index contributed by atoms with van der Waals surface area (Å²) < 4.78 is 32.6. The van der Waals surface area contributed by atoms with Crippen LogP contribution in [0.3, 0.4) is 0 Å². The van der Waals surface area contributed by atoms with E-state index in [-0.39, 0.29) is 147 Å². The third-order valence-electron chi connectivity index (χ3n) is 19.6. The van der Waals surface area contributed by atoms with Gasteiger partial charge < -0.3 is 70.1 Å². The Kier molecular flexibility index (Phi) is 60.3. The molecule has 0 spiro atoms. The van der Waals surface area contributed by atoms with E-state index >= 15 is 0 Å². The maximum absolute atomic E-state index is 13.6. The third kappa shape index (κ3) is 56.5. The maximum atomic E-state index is 13.6. The van der Waals surface area contributed by atoms with Crippen LogP contribution in [0.5, 0.6) is 0 Å². The number of carbonyl (C=O) groups is 11. The van der Waals surface area contributed by atoms with Gasteiger partial charge in [0.1, 0.15) is 42.1 Å². The number of primary amides is 1. The number of hydrogen-bond acceptors (Lipinski definition) is 18. The number of Topliss-reactive ketones (excluding diaryl/α,β-unsaturated/α-hetero) is 5. The monoisotopic (exact) mass is 1570 g/mol. The number of carbonyl (C=O) groups excluding carboxylic acids is 9. The van der Waals surface area contributed by atoms with Crippen molar-refractivity contribution in [3.05, 3.63) is 90.0 Å². The number of ketones is 5. The molecule has 1 aliphatic rings. The zero-order chi connectivity index (χ0) is 81.2. The van der Waals surface area contributed by atoms with Gasteiger partial charge in [-0.05, 0) is 94.6 Å². The van der Waals surface area contributed by atoms with Gasteiger partial charge >= 0.3 is 11.9 Å². The molecule has 4 atom stereocenters. The van der Waals surface area contributed by atoms with Gasteiger partial charge in [0, 0.05) is 112 Å². The standard InChI is InChI=1S/C41H62N4O11.C34H61NO6.C11H15NO2.3H2/c1-3-38(48)35(28-56-27-33-11-5-4-6-12-33)25-39(49)34(24-37(47)15-14-36-26-42-31-45-36)13-7-8-16-43-40(50)29-55-23-21-53-19-17-44-41(51)30-54-22-20-52-18-9-10-32(2)46;1-2-19-30(34(40)41)26-31(36)29-24-22-28(23-25-29)27-35-32(37)20-17-15-13-11-9-7-5-3-4-6-8-10-12-14-16-18-21-33(38)39;1-9(11(12)13)7-14-8-10-5-3-2-4-6-10;;;/h4-6,11-12,26,31,34-35H,3,7-10,13-25,27-30H2,1-2H3,(H,42,45)(H,43,50)(H,44,51);28-30H,2-27H2,1H3,(H,35,37)(H,38,39)(H,40,41);2-6,9H,7-8H2,1H3,(H2,12,13);3*1H/t34-,35+;;9-;;;/m1.0.../s1. The molecule has 0 radical (unpaired) electrons. The Morgan fingerprint density at radius 2 is 1.05 bits per heavy atom. The first-order chi connectivity index (χ1) is 53.7. The molecule has 1 fully saturated rings. The average molecular weight is 1570 g/mol. The number of aliphatic carboxylic acids is 2. The third-order valence-corrected chi connectivity index (χ3v) is 19.6. The number of hydrogen-bond donors (Lipinski definition) is 7. The molecule has 1 saturated carbocycles. The molecule has 1 unspecified atom stereocenters. The van der Waals surface area contributed by atoms with Crippen molar-refractivity contribution >= 4 is 64.5 Å². The Morgan fingerprint density at radius 3 is 1.57 bits per heavy atom. The first-order valence-electron chi connectivity index (χ1n) is 41.4. The second kappa shape index (κ2) is 67.1. The molecule has 1 heterocycles. The highest BCUT2D eigenvalue weighted by Crippen LogP contribution is 2.31. The molecule has 2 aromatic carbocycles. The molecule has 4 rings (SSSR count). The summed E-state index contributed by atoms with van der Waals surface area (Å²) in [6.07, 6.45) is 32.5. The lowest BCUT2D eigenvalue weighted by Crippen LogP contribution is -2.33. The van der Waals surface area contributed by atoms with Gasteiger partial charge in [-0.3, -0.25) is 47.9 Å². The molecule has 1 aliphatic carbocycles. The number of aryl methyl sites for hydroxylation is 1. The second-order valence-electron chi connectivity index (χ2n) is 29.4. The number of nitrogens with one attached hydrogen (secondary N) is 4. The van der Waals surface area contributed by atoms with Crippen LogP contribution >= 0.6 is 0 Å². The van der Waals surface area contributed by atoms with Crippen molar-refractivity contribution in [2.75, 3.05) is 85.7 Å². The number of carboxylic acid groups (broad SMARTS) is 2. The number of rotatable bonds is 68. The summed E-state index contributed by atoms with van der Waals surface area (Å²) in [6.45, 7) is 11.4. The number of carboxylic acids is 2. The predicted octanol–water partition coefficient (Wildman–Crippen LogP) is 14.1. The molecular weight excluding hydrogens is 1420 g/mol. The normalized spacial score (nSPS) is 14.2. The number of nitrogens with two attached hydrogens (primary N) is 1. The lowest BCUT2D eigenvalue weighted by Gasteiger charge is -2.28. The molecule has 4 amide bonds. The van der Waals surface area contributed by atoms with E-state index in [4.69, 9.17) is 39.3 Å².